The van der Waals surface area contributed by atoms with Crippen LogP contribution >= 0.6 is 11.6 Å². The number of nitrogens with one attached hydrogen (secondary N) is 1. The fourth-order valence-corrected chi connectivity index (χ4v) is 8.32. The van der Waals surface area contributed by atoms with Crippen molar-refractivity contribution in [3.05, 3.63) is 107 Å². The Labute approximate surface area is 256 Å². The summed E-state index contributed by atoms with van der Waals surface area (Å²) < 4.78 is 0. The SMILES string of the molecule is O=C(c1ccccc1)[C@@H](C1CCCNC1)[C@@](O)(CC1CCCN(CC2(c3ccc(Cl)cc3)CCC2)C1)c1ccccc1. The molecule has 3 fully saturated rings. The summed E-state index contributed by atoms with van der Waals surface area (Å²) in [5.41, 5.74) is 1.93. The standard InChI is InChI=1S/C37H45ClN2O2/c38-33-18-16-31(17-19-33)36(20-9-21-36)27-40-23-8-10-28(26-40)24-37(42,32-14-5-2-6-15-32)34(30-13-7-22-39-25-30)35(41)29-11-3-1-4-12-29/h1-6,11-12,14-19,28,30,34,39,42H,7-10,13,20-27H2/t28?,30?,34-,37-/m1/s1. The van der Waals surface area contributed by atoms with E-state index >= 15 is 0 Å². The molecule has 0 aromatic heterocycles. The van der Waals surface area contributed by atoms with Gasteiger partial charge in [0.05, 0.1) is 5.92 Å². The van der Waals surface area contributed by atoms with E-state index in [1.807, 2.05) is 72.8 Å². The number of likely N-dealkylation sites (tertiary alicyclic amines) is 1. The number of carbonyl (C=O) groups excluding carboxylic acids is 1. The van der Waals surface area contributed by atoms with E-state index in [4.69, 9.17) is 11.6 Å². The van der Waals surface area contributed by atoms with Crippen LogP contribution in [0.4, 0.5) is 0 Å². The summed E-state index contributed by atoms with van der Waals surface area (Å²) in [4.78, 5) is 17.0. The number of nitrogens with zero attached hydrogens (tertiary/aromatic N) is 1. The smallest absolute Gasteiger partial charge is 0.169 e. The first-order valence-corrected chi connectivity index (χ1v) is 16.4. The maximum atomic E-state index is 14.4. The molecule has 1 aliphatic carbocycles. The van der Waals surface area contributed by atoms with Gasteiger partial charge in [-0.3, -0.25) is 4.79 Å². The topological polar surface area (TPSA) is 52.6 Å². The van der Waals surface area contributed by atoms with Gasteiger partial charge in [0, 0.05) is 29.1 Å². The molecule has 0 bridgehead atoms. The van der Waals surface area contributed by atoms with Gasteiger partial charge in [0.2, 0.25) is 0 Å². The van der Waals surface area contributed by atoms with E-state index in [1.165, 1.54) is 24.8 Å². The molecule has 3 aliphatic rings. The fourth-order valence-electron chi connectivity index (χ4n) is 8.19. The number of ketones is 1. The number of halogens is 1. The molecule has 42 heavy (non-hydrogen) atoms. The number of rotatable bonds is 10. The van der Waals surface area contributed by atoms with Gasteiger partial charge in [0.15, 0.2) is 5.78 Å². The Morgan fingerprint density at radius 2 is 1.67 bits per heavy atom. The number of carbonyl (C=O) groups is 1. The molecule has 4 atom stereocenters. The van der Waals surface area contributed by atoms with Gasteiger partial charge in [-0.2, -0.15) is 0 Å². The van der Waals surface area contributed by atoms with Crippen LogP contribution < -0.4 is 5.32 Å². The van der Waals surface area contributed by atoms with Crippen molar-refractivity contribution in [2.75, 3.05) is 32.7 Å². The van der Waals surface area contributed by atoms with E-state index in [-0.39, 0.29) is 17.1 Å². The van der Waals surface area contributed by atoms with E-state index in [1.54, 1.807) is 0 Å². The van der Waals surface area contributed by atoms with Crippen molar-refractivity contribution in [2.24, 2.45) is 17.8 Å². The molecule has 5 heteroatoms. The van der Waals surface area contributed by atoms with Crippen LogP contribution in [0.15, 0.2) is 84.9 Å². The van der Waals surface area contributed by atoms with Crippen LogP contribution in [0, 0.1) is 17.8 Å². The quantitative estimate of drug-likeness (QED) is 0.246. The Kier molecular flexibility index (Phi) is 9.16. The minimum Gasteiger partial charge on any atom is -0.384 e. The molecule has 2 aliphatic heterocycles. The zero-order valence-corrected chi connectivity index (χ0v) is 25.4. The highest BCUT2D eigenvalue weighted by Gasteiger charge is 2.49. The highest BCUT2D eigenvalue weighted by atomic mass is 35.5. The molecule has 1 saturated carbocycles. The number of hydrogen-bond donors (Lipinski definition) is 2. The summed E-state index contributed by atoms with van der Waals surface area (Å²) in [7, 11) is 0. The Morgan fingerprint density at radius 1 is 0.952 bits per heavy atom. The van der Waals surface area contributed by atoms with Crippen LogP contribution in [-0.4, -0.2) is 48.5 Å². The van der Waals surface area contributed by atoms with E-state index in [0.717, 1.165) is 69.0 Å². The minimum absolute atomic E-state index is 0.0690. The molecule has 2 heterocycles. The minimum atomic E-state index is -1.24. The lowest BCUT2D eigenvalue weighted by Gasteiger charge is -2.49. The van der Waals surface area contributed by atoms with Crippen molar-refractivity contribution in [1.82, 2.24) is 10.2 Å². The highest BCUT2D eigenvalue weighted by molar-refractivity contribution is 6.30. The summed E-state index contributed by atoms with van der Waals surface area (Å²) in [6.07, 6.45) is 8.47. The molecule has 3 aromatic rings. The van der Waals surface area contributed by atoms with Crippen LogP contribution in [0.5, 0.6) is 0 Å². The van der Waals surface area contributed by atoms with Crippen LogP contribution in [0.2, 0.25) is 5.02 Å². The maximum absolute atomic E-state index is 14.4. The second-order valence-electron chi connectivity index (χ2n) is 13.2. The lowest BCUT2D eigenvalue weighted by Crippen LogP contribution is -2.52. The van der Waals surface area contributed by atoms with Gasteiger partial charge in [0.25, 0.3) is 0 Å². The van der Waals surface area contributed by atoms with E-state index in [9.17, 15) is 9.90 Å². The number of benzene rings is 3. The molecule has 2 saturated heterocycles. The molecule has 0 radical (unpaired) electrons. The van der Waals surface area contributed by atoms with Crippen molar-refractivity contribution in [1.29, 1.82) is 0 Å². The van der Waals surface area contributed by atoms with Crippen LogP contribution in [-0.2, 0) is 11.0 Å². The summed E-state index contributed by atoms with van der Waals surface area (Å²) in [5, 5.41) is 17.3. The predicted molar refractivity (Wildman–Crippen MR) is 171 cm³/mol. The zero-order valence-electron chi connectivity index (χ0n) is 24.7. The molecule has 2 unspecified atom stereocenters. The van der Waals surface area contributed by atoms with Gasteiger partial charge in [-0.25, -0.2) is 0 Å². The van der Waals surface area contributed by atoms with Crippen molar-refractivity contribution in [3.63, 3.8) is 0 Å². The van der Waals surface area contributed by atoms with E-state index in [2.05, 4.69) is 22.3 Å². The average molecular weight is 585 g/mol. The predicted octanol–water partition coefficient (Wildman–Crippen LogP) is 7.25. The average Bonchev–Trinajstić information content (AvgIpc) is 3.01. The summed E-state index contributed by atoms with van der Waals surface area (Å²) in [6.45, 7) is 4.83. The molecule has 4 nitrogen and oxygen atoms in total. The molecule has 6 rings (SSSR count). The van der Waals surface area contributed by atoms with Crippen LogP contribution in [0.1, 0.15) is 72.9 Å². The third-order valence-corrected chi connectivity index (χ3v) is 10.7. The monoisotopic (exact) mass is 584 g/mol. The van der Waals surface area contributed by atoms with Gasteiger partial charge in [0.1, 0.15) is 5.60 Å². The molecule has 222 valence electrons. The second-order valence-corrected chi connectivity index (χ2v) is 13.6. The van der Waals surface area contributed by atoms with Crippen LogP contribution in [0.25, 0.3) is 0 Å². The fraction of sp³-hybridized carbons (Fsp3) is 0.486. The third-order valence-electron chi connectivity index (χ3n) is 10.4. The Bertz CT molecular complexity index is 1300. The largest absolute Gasteiger partial charge is 0.384 e. The Balaban J connectivity index is 1.28. The maximum Gasteiger partial charge on any atom is 0.169 e. The molecule has 0 amide bonds. The van der Waals surface area contributed by atoms with Gasteiger partial charge in [-0.15, -0.1) is 0 Å². The van der Waals surface area contributed by atoms with Crippen molar-refractivity contribution in [3.8, 4) is 0 Å². The molecule has 2 N–H and O–H groups in total. The summed E-state index contributed by atoms with van der Waals surface area (Å²) in [5.74, 6) is -0.0366. The van der Waals surface area contributed by atoms with Crippen molar-refractivity contribution in [2.45, 2.75) is 62.4 Å². The van der Waals surface area contributed by atoms with E-state index in [0.29, 0.717) is 17.9 Å². The summed E-state index contributed by atoms with van der Waals surface area (Å²) in [6, 6.07) is 28.2. The normalized spacial score (nSPS) is 24.7. The Morgan fingerprint density at radius 3 is 2.31 bits per heavy atom. The molecular weight excluding hydrogens is 540 g/mol. The van der Waals surface area contributed by atoms with Crippen molar-refractivity contribution >= 4 is 17.4 Å². The molecule has 0 spiro atoms. The first kappa shape index (κ1) is 29.6. The zero-order chi connectivity index (χ0) is 29.0. The lowest BCUT2D eigenvalue weighted by atomic mass is 9.63. The number of piperidine rings is 2. The molecular formula is C37H45ClN2O2. The van der Waals surface area contributed by atoms with Gasteiger partial charge >= 0.3 is 0 Å². The first-order chi connectivity index (χ1) is 20.5. The molecule has 3 aromatic carbocycles. The number of hydrogen-bond acceptors (Lipinski definition) is 4. The highest BCUT2D eigenvalue weighted by Crippen LogP contribution is 2.47. The van der Waals surface area contributed by atoms with E-state index < -0.39 is 11.5 Å². The van der Waals surface area contributed by atoms with Gasteiger partial charge in [-0.05, 0) is 99.7 Å². The second kappa shape index (κ2) is 13.0. The van der Waals surface area contributed by atoms with Crippen LogP contribution in [0.3, 0.4) is 0 Å². The lowest BCUT2D eigenvalue weighted by molar-refractivity contribution is -0.0642. The Hall–Kier alpha value is -2.50. The first-order valence-electron chi connectivity index (χ1n) is 16.0. The van der Waals surface area contributed by atoms with Gasteiger partial charge in [-0.1, -0.05) is 90.8 Å². The third kappa shape index (κ3) is 6.24. The van der Waals surface area contributed by atoms with Crippen molar-refractivity contribution < 1.29 is 9.90 Å². The number of aliphatic hydroxyl groups is 1. The number of Topliss-reactive ketones (excluding diaryl/α,β-unsaturated/α-hetero) is 1. The van der Waals surface area contributed by atoms with Gasteiger partial charge < -0.3 is 15.3 Å². The summed E-state index contributed by atoms with van der Waals surface area (Å²) >= 11 is 6.23.